The Morgan fingerprint density at radius 2 is 2.22 bits per heavy atom. The van der Waals surface area contributed by atoms with Gasteiger partial charge in [-0.25, -0.2) is 4.39 Å². The maximum absolute atomic E-state index is 13.4. The average Bonchev–Trinajstić information content (AvgIpc) is 2.95. The van der Waals surface area contributed by atoms with Crippen molar-refractivity contribution in [1.29, 1.82) is 0 Å². The lowest BCUT2D eigenvalue weighted by Crippen LogP contribution is -2.48. The van der Waals surface area contributed by atoms with E-state index in [0.717, 1.165) is 37.9 Å². The highest BCUT2D eigenvalue weighted by atomic mass is 35.5. The zero-order chi connectivity index (χ0) is 15.7. The molecule has 1 saturated heterocycles. The minimum absolute atomic E-state index is 0. The van der Waals surface area contributed by atoms with E-state index in [0.29, 0.717) is 11.5 Å². The summed E-state index contributed by atoms with van der Waals surface area (Å²) in [5.41, 5.74) is 1.35. The number of rotatable bonds is 3. The Kier molecular flexibility index (Phi) is 5.69. The molecule has 1 aromatic rings. The lowest BCUT2D eigenvalue weighted by Gasteiger charge is -2.38. The Morgan fingerprint density at radius 1 is 1.43 bits per heavy atom. The van der Waals surface area contributed by atoms with Crippen molar-refractivity contribution in [3.05, 3.63) is 35.1 Å². The summed E-state index contributed by atoms with van der Waals surface area (Å²) in [5.74, 6) is 0.424. The Morgan fingerprint density at radius 3 is 2.96 bits per heavy atom. The second-order valence-corrected chi connectivity index (χ2v) is 6.93. The topological polar surface area (TPSA) is 41.1 Å². The van der Waals surface area contributed by atoms with E-state index in [1.807, 2.05) is 13.0 Å². The SMILES string of the molecule is Cc1cc(C(C)NC(=O)[C@@]23CCCC[C@H]2CNC3)ccc1F.Cl. The summed E-state index contributed by atoms with van der Waals surface area (Å²) >= 11 is 0. The molecule has 3 nitrogen and oxygen atoms in total. The standard InChI is InChI=1S/C18H25FN2O.ClH/c1-12-9-14(6-7-16(12)19)13(2)21-17(22)18-8-4-3-5-15(18)10-20-11-18;/h6-7,9,13,15,20H,3-5,8,10-11H2,1-2H3,(H,21,22);1H/t13?,15-,18+;/m0./s1. The van der Waals surface area contributed by atoms with Crippen molar-refractivity contribution in [2.24, 2.45) is 11.3 Å². The molecule has 0 spiro atoms. The highest BCUT2D eigenvalue weighted by Crippen LogP contribution is 2.44. The van der Waals surface area contributed by atoms with Gasteiger partial charge in [0.1, 0.15) is 5.82 Å². The third-order valence-corrected chi connectivity index (χ3v) is 5.52. The predicted octanol–water partition coefficient (Wildman–Crippen LogP) is 3.51. The van der Waals surface area contributed by atoms with Crippen LogP contribution in [0.1, 0.15) is 49.8 Å². The first kappa shape index (κ1) is 18.2. The molecular weight excluding hydrogens is 315 g/mol. The summed E-state index contributed by atoms with van der Waals surface area (Å²) < 4.78 is 13.4. The van der Waals surface area contributed by atoms with Crippen molar-refractivity contribution < 1.29 is 9.18 Å². The van der Waals surface area contributed by atoms with Gasteiger partial charge in [-0.15, -0.1) is 12.4 Å². The van der Waals surface area contributed by atoms with Crippen LogP contribution in [0.15, 0.2) is 18.2 Å². The minimum atomic E-state index is -0.235. The highest BCUT2D eigenvalue weighted by molar-refractivity contribution is 5.85. The molecule has 3 rings (SSSR count). The van der Waals surface area contributed by atoms with Gasteiger partial charge in [0, 0.05) is 6.54 Å². The van der Waals surface area contributed by atoms with Crippen LogP contribution in [0, 0.1) is 24.1 Å². The molecule has 3 atom stereocenters. The van der Waals surface area contributed by atoms with E-state index in [2.05, 4.69) is 10.6 Å². The van der Waals surface area contributed by atoms with Crippen LogP contribution in [0.25, 0.3) is 0 Å². The van der Waals surface area contributed by atoms with E-state index < -0.39 is 0 Å². The third kappa shape index (κ3) is 3.38. The summed E-state index contributed by atoms with van der Waals surface area (Å²) in [7, 11) is 0. The van der Waals surface area contributed by atoms with Crippen molar-refractivity contribution in [3.8, 4) is 0 Å². The molecule has 2 fully saturated rings. The number of nitrogens with one attached hydrogen (secondary N) is 2. The quantitative estimate of drug-likeness (QED) is 0.884. The largest absolute Gasteiger partial charge is 0.349 e. The molecule has 1 unspecified atom stereocenters. The van der Waals surface area contributed by atoms with Crippen LogP contribution in [-0.4, -0.2) is 19.0 Å². The van der Waals surface area contributed by atoms with Crippen LogP contribution in [0.4, 0.5) is 4.39 Å². The molecule has 1 heterocycles. The second kappa shape index (κ2) is 7.18. The summed E-state index contributed by atoms with van der Waals surface area (Å²) in [6.07, 6.45) is 4.49. The Hall–Kier alpha value is -1.13. The molecular formula is C18H26ClFN2O. The third-order valence-electron chi connectivity index (χ3n) is 5.52. The number of carbonyl (C=O) groups is 1. The molecule has 1 aliphatic carbocycles. The molecule has 0 radical (unpaired) electrons. The van der Waals surface area contributed by atoms with Gasteiger partial charge in [-0.1, -0.05) is 25.0 Å². The van der Waals surface area contributed by atoms with Gasteiger partial charge in [-0.3, -0.25) is 4.79 Å². The number of hydrogen-bond donors (Lipinski definition) is 2. The van der Waals surface area contributed by atoms with Gasteiger partial charge < -0.3 is 10.6 Å². The molecule has 1 saturated carbocycles. The number of fused-ring (bicyclic) bond motifs is 1. The Bertz CT molecular complexity index is 580. The monoisotopic (exact) mass is 340 g/mol. The fraction of sp³-hybridized carbons (Fsp3) is 0.611. The highest BCUT2D eigenvalue weighted by Gasteiger charge is 2.49. The molecule has 0 bridgehead atoms. The Labute approximate surface area is 143 Å². The maximum atomic E-state index is 13.4. The number of halogens is 2. The molecule has 128 valence electrons. The fourth-order valence-corrected chi connectivity index (χ4v) is 4.05. The van der Waals surface area contributed by atoms with E-state index in [9.17, 15) is 9.18 Å². The molecule has 2 aliphatic rings. The molecule has 2 N–H and O–H groups in total. The van der Waals surface area contributed by atoms with Gasteiger partial charge in [0.15, 0.2) is 0 Å². The van der Waals surface area contributed by atoms with Gasteiger partial charge in [-0.2, -0.15) is 0 Å². The van der Waals surface area contributed by atoms with E-state index in [1.165, 1.54) is 12.5 Å². The van der Waals surface area contributed by atoms with Crippen LogP contribution >= 0.6 is 12.4 Å². The number of hydrogen-bond acceptors (Lipinski definition) is 2. The summed E-state index contributed by atoms with van der Waals surface area (Å²) in [6.45, 7) is 5.47. The van der Waals surface area contributed by atoms with Gasteiger partial charge in [0.25, 0.3) is 0 Å². The zero-order valence-corrected chi connectivity index (χ0v) is 14.6. The van der Waals surface area contributed by atoms with Crippen LogP contribution < -0.4 is 10.6 Å². The zero-order valence-electron chi connectivity index (χ0n) is 13.8. The Balaban J connectivity index is 0.00000192. The van der Waals surface area contributed by atoms with Crippen molar-refractivity contribution in [2.75, 3.05) is 13.1 Å². The smallest absolute Gasteiger partial charge is 0.228 e. The number of amides is 1. The van der Waals surface area contributed by atoms with Gasteiger partial charge in [0.05, 0.1) is 11.5 Å². The molecule has 5 heteroatoms. The lowest BCUT2D eigenvalue weighted by molar-refractivity contribution is -0.134. The minimum Gasteiger partial charge on any atom is -0.349 e. The van der Waals surface area contributed by atoms with E-state index >= 15 is 0 Å². The van der Waals surface area contributed by atoms with Crippen LogP contribution in [0.2, 0.25) is 0 Å². The van der Waals surface area contributed by atoms with E-state index in [4.69, 9.17) is 0 Å². The second-order valence-electron chi connectivity index (χ2n) is 6.93. The molecule has 1 amide bonds. The summed E-state index contributed by atoms with van der Waals surface area (Å²) in [4.78, 5) is 12.9. The van der Waals surface area contributed by atoms with Gasteiger partial charge in [0.2, 0.25) is 5.91 Å². The molecule has 1 aliphatic heterocycles. The van der Waals surface area contributed by atoms with Crippen molar-refractivity contribution in [3.63, 3.8) is 0 Å². The molecule has 0 aromatic heterocycles. The van der Waals surface area contributed by atoms with E-state index in [1.54, 1.807) is 13.0 Å². The van der Waals surface area contributed by atoms with Gasteiger partial charge in [-0.05, 0) is 56.3 Å². The van der Waals surface area contributed by atoms with E-state index in [-0.39, 0.29) is 35.6 Å². The first-order valence-electron chi connectivity index (χ1n) is 8.31. The van der Waals surface area contributed by atoms with Crippen LogP contribution in [0.5, 0.6) is 0 Å². The normalized spacial score (nSPS) is 27.7. The van der Waals surface area contributed by atoms with Crippen molar-refractivity contribution in [2.45, 2.75) is 45.6 Å². The van der Waals surface area contributed by atoms with Crippen molar-refractivity contribution >= 4 is 18.3 Å². The number of benzene rings is 1. The van der Waals surface area contributed by atoms with Gasteiger partial charge >= 0.3 is 0 Å². The summed E-state index contributed by atoms with van der Waals surface area (Å²) in [5, 5.41) is 6.58. The van der Waals surface area contributed by atoms with Crippen LogP contribution in [0.3, 0.4) is 0 Å². The maximum Gasteiger partial charge on any atom is 0.228 e. The van der Waals surface area contributed by atoms with Crippen LogP contribution in [-0.2, 0) is 4.79 Å². The molecule has 1 aromatic carbocycles. The van der Waals surface area contributed by atoms with Crippen molar-refractivity contribution in [1.82, 2.24) is 10.6 Å². The first-order valence-corrected chi connectivity index (χ1v) is 8.31. The number of aryl methyl sites for hydroxylation is 1. The molecule has 23 heavy (non-hydrogen) atoms. The summed E-state index contributed by atoms with van der Waals surface area (Å²) in [6, 6.07) is 4.97. The first-order chi connectivity index (χ1) is 10.5. The lowest BCUT2D eigenvalue weighted by atomic mass is 9.67. The predicted molar refractivity (Wildman–Crippen MR) is 92.2 cm³/mol. The fourth-order valence-electron chi connectivity index (χ4n) is 4.05. The number of carbonyl (C=O) groups excluding carboxylic acids is 1. The average molecular weight is 341 g/mol.